The second kappa shape index (κ2) is 10.7. The number of aliphatic hydroxyl groups is 1. The van der Waals surface area contributed by atoms with Gasteiger partial charge in [-0.2, -0.15) is 0 Å². The Morgan fingerprint density at radius 1 is 1.14 bits per heavy atom. The van der Waals surface area contributed by atoms with Crippen molar-refractivity contribution in [1.82, 2.24) is 4.90 Å². The molecular formula is C29H36N2O5S. The maximum absolute atomic E-state index is 14.0. The van der Waals surface area contributed by atoms with E-state index in [2.05, 4.69) is 12.2 Å². The summed E-state index contributed by atoms with van der Waals surface area (Å²) in [6.45, 7) is 4.80. The maximum Gasteiger partial charge on any atom is 0.310 e. The zero-order chi connectivity index (χ0) is 26.2. The van der Waals surface area contributed by atoms with Gasteiger partial charge in [-0.15, -0.1) is 11.8 Å². The first kappa shape index (κ1) is 26.0. The van der Waals surface area contributed by atoms with Crippen molar-refractivity contribution < 1.29 is 24.2 Å². The average molecular weight is 525 g/mol. The van der Waals surface area contributed by atoms with Crippen LogP contribution in [0.4, 0.5) is 5.69 Å². The van der Waals surface area contributed by atoms with Gasteiger partial charge < -0.3 is 20.1 Å². The number of hydrogen-bond acceptors (Lipinski definition) is 6. The molecule has 0 saturated carbocycles. The van der Waals surface area contributed by atoms with E-state index < -0.39 is 22.6 Å². The third-order valence-electron chi connectivity index (χ3n) is 8.38. The topological polar surface area (TPSA) is 95.9 Å². The number of esters is 1. The molecule has 37 heavy (non-hydrogen) atoms. The summed E-state index contributed by atoms with van der Waals surface area (Å²) in [5.74, 6) is -1.54. The summed E-state index contributed by atoms with van der Waals surface area (Å²) in [5, 5.41) is 14.3. The van der Waals surface area contributed by atoms with E-state index in [-0.39, 0.29) is 42.2 Å². The number of hydrogen-bond donors (Lipinski definition) is 2. The predicted molar refractivity (Wildman–Crippen MR) is 145 cm³/mol. The lowest BCUT2D eigenvalue weighted by atomic mass is 9.66. The Hall–Kier alpha value is -2.58. The molecule has 1 spiro atoms. The van der Waals surface area contributed by atoms with Gasteiger partial charge in [0.1, 0.15) is 6.04 Å². The molecular weight excluding hydrogens is 488 g/mol. The maximum atomic E-state index is 14.0. The van der Waals surface area contributed by atoms with E-state index in [4.69, 9.17) is 9.84 Å². The van der Waals surface area contributed by atoms with E-state index in [1.807, 2.05) is 42.5 Å². The van der Waals surface area contributed by atoms with Crippen molar-refractivity contribution in [2.75, 3.05) is 25.1 Å². The molecule has 0 aliphatic carbocycles. The van der Waals surface area contributed by atoms with Crippen LogP contribution in [0.25, 0.3) is 10.8 Å². The van der Waals surface area contributed by atoms with Crippen molar-refractivity contribution in [1.29, 1.82) is 0 Å². The molecule has 3 fully saturated rings. The van der Waals surface area contributed by atoms with Crippen molar-refractivity contribution in [2.24, 2.45) is 17.8 Å². The molecule has 3 heterocycles. The number of unbranched alkanes of at least 4 members (excludes halogenated alkanes) is 3. The molecule has 6 atom stereocenters. The summed E-state index contributed by atoms with van der Waals surface area (Å²) in [4.78, 5) is 42.8. The first-order valence-corrected chi connectivity index (χ1v) is 14.4. The fourth-order valence-corrected chi connectivity index (χ4v) is 9.20. The normalized spacial score (nSPS) is 30.1. The third kappa shape index (κ3) is 4.42. The number of benzene rings is 2. The first-order valence-electron chi connectivity index (χ1n) is 13.5. The number of nitrogens with zero attached hydrogens (tertiary/aromatic N) is 1. The minimum absolute atomic E-state index is 0.00864. The van der Waals surface area contributed by atoms with Crippen LogP contribution < -0.4 is 5.32 Å². The number of likely N-dealkylation sites (tertiary alicyclic amines) is 1. The van der Waals surface area contributed by atoms with Crippen molar-refractivity contribution in [3.8, 4) is 0 Å². The number of anilines is 1. The van der Waals surface area contributed by atoms with Crippen LogP contribution in [-0.4, -0.2) is 63.6 Å². The fourth-order valence-electron chi connectivity index (χ4n) is 6.79. The Morgan fingerprint density at radius 3 is 2.65 bits per heavy atom. The molecule has 7 nitrogen and oxygen atoms in total. The molecule has 198 valence electrons. The average Bonchev–Trinajstić information content (AvgIpc) is 3.47. The molecule has 3 saturated heterocycles. The monoisotopic (exact) mass is 524 g/mol. The van der Waals surface area contributed by atoms with Crippen LogP contribution in [0, 0.1) is 17.8 Å². The molecule has 2 N–H and O–H groups in total. The molecule has 3 aliphatic rings. The van der Waals surface area contributed by atoms with Gasteiger partial charge in [0.05, 0.1) is 23.2 Å². The summed E-state index contributed by atoms with van der Waals surface area (Å²) >= 11 is 1.67. The Kier molecular flexibility index (Phi) is 7.50. The number of carbonyl (C=O) groups excluding carboxylic acids is 3. The summed E-state index contributed by atoms with van der Waals surface area (Å²) in [6, 6.07) is 13.2. The van der Waals surface area contributed by atoms with E-state index >= 15 is 0 Å². The van der Waals surface area contributed by atoms with Gasteiger partial charge in [0, 0.05) is 24.1 Å². The first-order chi connectivity index (χ1) is 17.9. The second-order valence-electron chi connectivity index (χ2n) is 10.5. The van der Waals surface area contributed by atoms with Crippen molar-refractivity contribution in [3.05, 3.63) is 42.5 Å². The molecule has 2 aromatic carbocycles. The minimum Gasteiger partial charge on any atom is -0.466 e. The summed E-state index contributed by atoms with van der Waals surface area (Å²) < 4.78 is 4.76. The minimum atomic E-state index is -0.654. The van der Waals surface area contributed by atoms with Crippen molar-refractivity contribution in [3.63, 3.8) is 0 Å². The Labute approximate surface area is 222 Å². The lowest BCUT2D eigenvalue weighted by Gasteiger charge is -2.38. The smallest absolute Gasteiger partial charge is 0.310 e. The molecule has 0 aromatic heterocycles. The number of thioether (sulfide) groups is 1. The summed E-state index contributed by atoms with van der Waals surface area (Å²) in [5.41, 5.74) is 0.700. The molecule has 5 rings (SSSR count). The number of carbonyl (C=O) groups is 3. The number of ether oxygens (including phenoxy) is 1. The van der Waals surface area contributed by atoms with Gasteiger partial charge in [0.15, 0.2) is 0 Å². The van der Waals surface area contributed by atoms with Crippen LogP contribution in [0.15, 0.2) is 42.5 Å². The van der Waals surface area contributed by atoms with Crippen LogP contribution in [0.3, 0.4) is 0 Å². The van der Waals surface area contributed by atoms with E-state index in [9.17, 15) is 14.4 Å². The van der Waals surface area contributed by atoms with Crippen LogP contribution in [0.2, 0.25) is 0 Å². The lowest BCUT2D eigenvalue weighted by Crippen LogP contribution is -2.54. The molecule has 2 bridgehead atoms. The van der Waals surface area contributed by atoms with Crippen LogP contribution in [-0.2, 0) is 19.1 Å². The van der Waals surface area contributed by atoms with Gasteiger partial charge in [-0.05, 0) is 55.0 Å². The van der Waals surface area contributed by atoms with E-state index in [0.29, 0.717) is 12.2 Å². The SMILES string of the molecule is CCOC(=O)[C@@H]1[C@H]2C(=O)N(CCCCCCO)C(C(=O)Nc3ccc4ccccc4c3)C23S[C@@H]1CC3C. The highest BCUT2D eigenvalue weighted by atomic mass is 32.2. The highest BCUT2D eigenvalue weighted by Crippen LogP contribution is 2.68. The van der Waals surface area contributed by atoms with Gasteiger partial charge >= 0.3 is 5.97 Å². The fraction of sp³-hybridized carbons (Fsp3) is 0.552. The zero-order valence-corrected chi connectivity index (χ0v) is 22.3. The van der Waals surface area contributed by atoms with Gasteiger partial charge in [-0.25, -0.2) is 0 Å². The molecule has 8 heteroatoms. The molecule has 0 radical (unpaired) electrons. The molecule has 2 amide bonds. The largest absolute Gasteiger partial charge is 0.466 e. The number of fused-ring (bicyclic) bond motifs is 2. The Bertz CT molecular complexity index is 1190. The number of amides is 2. The second-order valence-corrected chi connectivity index (χ2v) is 12.1. The van der Waals surface area contributed by atoms with Gasteiger partial charge in [0.25, 0.3) is 0 Å². The van der Waals surface area contributed by atoms with Crippen molar-refractivity contribution in [2.45, 2.75) is 62.0 Å². The van der Waals surface area contributed by atoms with E-state index in [0.717, 1.165) is 42.9 Å². The Balaban J connectivity index is 1.46. The van der Waals surface area contributed by atoms with Crippen molar-refractivity contribution >= 4 is 46.0 Å². The van der Waals surface area contributed by atoms with Crippen LogP contribution >= 0.6 is 11.8 Å². The van der Waals surface area contributed by atoms with E-state index in [1.165, 1.54) is 0 Å². The highest BCUT2D eigenvalue weighted by molar-refractivity contribution is 8.02. The lowest BCUT2D eigenvalue weighted by molar-refractivity contribution is -0.154. The third-order valence-corrected chi connectivity index (χ3v) is 10.5. The molecule has 3 aliphatic heterocycles. The quantitative estimate of drug-likeness (QED) is 0.357. The standard InChI is InChI=1S/C29H36N2O5S/c1-3-36-28(35)23-22-16-18(2)29(37-22)24(23)27(34)31(14-8-4-5-9-15-32)25(29)26(33)30-21-13-12-19-10-6-7-11-20(19)17-21/h6-7,10-13,17-18,22-25,32H,3-5,8-9,14-16H2,1-2H3,(H,30,33)/t18?,22-,23+,24+,25?,29?/m1/s1. The predicted octanol–water partition coefficient (Wildman–Crippen LogP) is 4.23. The van der Waals surface area contributed by atoms with Gasteiger partial charge in [0.2, 0.25) is 11.8 Å². The molecule has 2 aromatic rings. The zero-order valence-electron chi connectivity index (χ0n) is 21.5. The van der Waals surface area contributed by atoms with Crippen LogP contribution in [0.1, 0.15) is 46.0 Å². The van der Waals surface area contributed by atoms with Gasteiger partial charge in [-0.3, -0.25) is 14.4 Å². The summed E-state index contributed by atoms with van der Waals surface area (Å²) in [7, 11) is 0. The summed E-state index contributed by atoms with van der Waals surface area (Å²) in [6.07, 6.45) is 4.02. The number of rotatable bonds is 10. The van der Waals surface area contributed by atoms with Gasteiger partial charge in [-0.1, -0.05) is 50.1 Å². The number of nitrogens with one attached hydrogen (secondary N) is 1. The molecule has 3 unspecified atom stereocenters. The number of aliphatic hydroxyl groups excluding tert-OH is 1. The Morgan fingerprint density at radius 2 is 1.89 bits per heavy atom. The van der Waals surface area contributed by atoms with E-state index in [1.54, 1.807) is 23.6 Å². The van der Waals surface area contributed by atoms with Crippen LogP contribution in [0.5, 0.6) is 0 Å². The highest BCUT2D eigenvalue weighted by Gasteiger charge is 2.76.